The van der Waals surface area contributed by atoms with E-state index in [-0.39, 0.29) is 5.78 Å². The van der Waals surface area contributed by atoms with E-state index in [0.29, 0.717) is 32.7 Å². The number of benzene rings is 3. The van der Waals surface area contributed by atoms with Crippen molar-refractivity contribution in [3.63, 3.8) is 0 Å². The Morgan fingerprint density at radius 3 is 2.55 bits per heavy atom. The Bertz CT molecular complexity index is 1270. The largest absolute Gasteiger partial charge is 0.493 e. The fourth-order valence-corrected chi connectivity index (χ4v) is 5.41. The lowest BCUT2D eigenvalue weighted by molar-refractivity contribution is -0.117. The van der Waals surface area contributed by atoms with Gasteiger partial charge in [0.1, 0.15) is 23.9 Å². The number of hydrogen-bond acceptors (Lipinski definition) is 5. The second-order valence-corrected chi connectivity index (χ2v) is 10.5. The lowest BCUT2D eigenvalue weighted by Gasteiger charge is -2.20. The lowest BCUT2D eigenvalue weighted by atomic mass is 9.97. The molecule has 1 amide bonds. The summed E-state index contributed by atoms with van der Waals surface area (Å²) in [5.74, 6) is 2.00. The number of fused-ring (bicyclic) bond motifs is 1. The van der Waals surface area contributed by atoms with Gasteiger partial charge in [0, 0.05) is 31.1 Å². The molecule has 0 radical (unpaired) electrons. The van der Waals surface area contributed by atoms with E-state index >= 15 is 0 Å². The molecule has 0 heterocycles. The van der Waals surface area contributed by atoms with Gasteiger partial charge in [-0.25, -0.2) is 0 Å². The average Bonchev–Trinajstić information content (AvgIpc) is 3.45. The molecule has 0 saturated heterocycles. The molecule has 6 nitrogen and oxygen atoms in total. The molecule has 4 rings (SSSR count). The molecule has 1 aliphatic rings. The highest BCUT2D eigenvalue weighted by molar-refractivity contribution is 5.75. The van der Waals surface area contributed by atoms with Gasteiger partial charge in [0.25, 0.3) is 0 Å². The molecule has 3 aromatic carbocycles. The zero-order valence-electron chi connectivity index (χ0n) is 23.9. The van der Waals surface area contributed by atoms with Crippen molar-refractivity contribution in [2.45, 2.75) is 71.9 Å². The Hall–Kier alpha value is -3.64. The van der Waals surface area contributed by atoms with Crippen LogP contribution in [0.25, 0.3) is 11.1 Å². The number of rotatable bonds is 17. The van der Waals surface area contributed by atoms with Crippen molar-refractivity contribution in [2.75, 3.05) is 19.7 Å². The number of ketones is 1. The molecule has 2 N–H and O–H groups in total. The van der Waals surface area contributed by atoms with Gasteiger partial charge < -0.3 is 24.9 Å². The predicted molar refractivity (Wildman–Crippen MR) is 160 cm³/mol. The average molecular weight is 543 g/mol. The Labute approximate surface area is 238 Å². The van der Waals surface area contributed by atoms with E-state index in [0.717, 1.165) is 63.0 Å². The molecule has 6 heteroatoms. The summed E-state index contributed by atoms with van der Waals surface area (Å²) in [4.78, 5) is 21.9. The van der Waals surface area contributed by atoms with Crippen molar-refractivity contribution in [3.8, 4) is 22.6 Å². The van der Waals surface area contributed by atoms with Crippen LogP contribution in [0.15, 0.2) is 54.6 Å². The van der Waals surface area contributed by atoms with Crippen LogP contribution in [0.3, 0.4) is 0 Å². The van der Waals surface area contributed by atoms with Crippen LogP contribution in [0, 0.1) is 6.92 Å². The van der Waals surface area contributed by atoms with Crippen LogP contribution >= 0.6 is 0 Å². The van der Waals surface area contributed by atoms with Crippen molar-refractivity contribution in [3.05, 3.63) is 82.4 Å². The van der Waals surface area contributed by atoms with E-state index in [1.807, 2.05) is 6.07 Å². The van der Waals surface area contributed by atoms with E-state index in [1.54, 1.807) is 6.92 Å². The fourth-order valence-electron chi connectivity index (χ4n) is 5.41. The maximum absolute atomic E-state index is 11.3. The van der Waals surface area contributed by atoms with Gasteiger partial charge in [0.05, 0.1) is 6.61 Å². The summed E-state index contributed by atoms with van der Waals surface area (Å²) >= 11 is 0. The number of ether oxygens (including phenoxy) is 2. The molecule has 0 spiro atoms. The number of Topliss-reactive ketones (excluding diaryl/α,β-unsaturated/α-hetero) is 1. The fraction of sp³-hybridized carbons (Fsp3) is 0.412. The van der Waals surface area contributed by atoms with Gasteiger partial charge in [-0.05, 0) is 92.3 Å². The Kier molecular flexibility index (Phi) is 11.2. The van der Waals surface area contributed by atoms with E-state index in [2.05, 4.69) is 66.1 Å². The zero-order valence-corrected chi connectivity index (χ0v) is 23.9. The number of carbonyl (C=O) groups excluding carboxylic acids is 2. The maximum Gasteiger partial charge on any atom is 0.207 e. The van der Waals surface area contributed by atoms with Gasteiger partial charge in [0.15, 0.2) is 0 Å². The van der Waals surface area contributed by atoms with Crippen molar-refractivity contribution in [1.29, 1.82) is 0 Å². The number of amides is 1. The molecular weight excluding hydrogens is 500 g/mol. The minimum absolute atomic E-state index is 0.224. The molecule has 0 atom stereocenters. The van der Waals surface area contributed by atoms with Crippen molar-refractivity contribution >= 4 is 12.2 Å². The van der Waals surface area contributed by atoms with Crippen LogP contribution < -0.4 is 20.1 Å². The smallest absolute Gasteiger partial charge is 0.207 e. The first-order valence-corrected chi connectivity index (χ1v) is 14.5. The van der Waals surface area contributed by atoms with Gasteiger partial charge in [-0.3, -0.25) is 4.79 Å². The Morgan fingerprint density at radius 1 is 0.925 bits per heavy atom. The molecule has 0 saturated carbocycles. The van der Waals surface area contributed by atoms with Gasteiger partial charge in [-0.1, -0.05) is 48.5 Å². The van der Waals surface area contributed by atoms with Crippen LogP contribution in [0.2, 0.25) is 0 Å². The van der Waals surface area contributed by atoms with E-state index in [9.17, 15) is 9.59 Å². The molecule has 0 aliphatic heterocycles. The van der Waals surface area contributed by atoms with Crippen molar-refractivity contribution in [1.82, 2.24) is 10.6 Å². The van der Waals surface area contributed by atoms with E-state index in [1.165, 1.54) is 38.9 Å². The summed E-state index contributed by atoms with van der Waals surface area (Å²) in [6, 6.07) is 19.0. The quantitative estimate of drug-likeness (QED) is 0.159. The second-order valence-electron chi connectivity index (χ2n) is 10.5. The topological polar surface area (TPSA) is 76.7 Å². The van der Waals surface area contributed by atoms with Gasteiger partial charge in [0.2, 0.25) is 6.41 Å². The molecule has 0 unspecified atom stereocenters. The summed E-state index contributed by atoms with van der Waals surface area (Å²) in [5, 5.41) is 6.24. The van der Waals surface area contributed by atoms with Crippen LogP contribution in [0.5, 0.6) is 11.5 Å². The summed E-state index contributed by atoms with van der Waals surface area (Å²) in [6.07, 6.45) is 7.00. The standard InChI is InChI=1S/C34H42N2O4/c1-25(38)11-10-19-35-22-32-30-16-9-17-31(30)33(21-34(32)39-20-7-6-18-36-24-37)40-23-28-14-8-15-29(26(28)2)27-12-4-3-5-13-27/h3-5,8,12-15,21,24,35H,6-7,9-11,16-20,22-23H2,1-2H3,(H,36,37). The molecule has 0 aromatic heterocycles. The third kappa shape index (κ3) is 7.95. The molecule has 212 valence electrons. The third-order valence-electron chi connectivity index (χ3n) is 7.59. The van der Waals surface area contributed by atoms with E-state index < -0.39 is 0 Å². The number of hydrogen-bond donors (Lipinski definition) is 2. The predicted octanol–water partition coefficient (Wildman–Crippen LogP) is 6.09. The summed E-state index contributed by atoms with van der Waals surface area (Å²) < 4.78 is 12.9. The highest BCUT2D eigenvalue weighted by Crippen LogP contribution is 2.40. The lowest BCUT2D eigenvalue weighted by Crippen LogP contribution is -2.18. The highest BCUT2D eigenvalue weighted by atomic mass is 16.5. The minimum Gasteiger partial charge on any atom is -0.493 e. The first-order chi connectivity index (χ1) is 19.6. The van der Waals surface area contributed by atoms with Crippen LogP contribution in [-0.4, -0.2) is 31.9 Å². The second kappa shape index (κ2) is 15.2. The maximum atomic E-state index is 11.3. The first-order valence-electron chi connectivity index (χ1n) is 14.5. The van der Waals surface area contributed by atoms with E-state index in [4.69, 9.17) is 9.47 Å². The van der Waals surface area contributed by atoms with Crippen molar-refractivity contribution < 1.29 is 19.1 Å². The summed E-state index contributed by atoms with van der Waals surface area (Å²) in [7, 11) is 0. The van der Waals surface area contributed by atoms with Gasteiger partial charge in [-0.15, -0.1) is 0 Å². The molecule has 40 heavy (non-hydrogen) atoms. The highest BCUT2D eigenvalue weighted by Gasteiger charge is 2.24. The molecule has 3 aromatic rings. The van der Waals surface area contributed by atoms with Crippen LogP contribution in [0.4, 0.5) is 0 Å². The van der Waals surface area contributed by atoms with Crippen molar-refractivity contribution in [2.24, 2.45) is 0 Å². The molecular formula is C34H42N2O4. The Morgan fingerprint density at radius 2 is 1.75 bits per heavy atom. The number of unbranched alkanes of at least 4 members (excludes halogenated alkanes) is 1. The van der Waals surface area contributed by atoms with Gasteiger partial charge >= 0.3 is 0 Å². The molecule has 1 aliphatic carbocycles. The Balaban J connectivity index is 1.52. The summed E-state index contributed by atoms with van der Waals surface area (Å²) in [5.41, 5.74) is 8.68. The number of carbonyl (C=O) groups is 2. The normalized spacial score (nSPS) is 12.2. The van der Waals surface area contributed by atoms with Crippen LogP contribution in [0.1, 0.15) is 66.8 Å². The SMILES string of the molecule is CC(=O)CCCNCc1c(OCCCCNC=O)cc(OCc2cccc(-c3ccccc3)c2C)c2c1CCC2. The minimum atomic E-state index is 0.224. The van der Waals surface area contributed by atoms with Crippen LogP contribution in [-0.2, 0) is 35.6 Å². The summed E-state index contributed by atoms with van der Waals surface area (Å²) in [6.45, 7) is 7.03. The first kappa shape index (κ1) is 29.3. The zero-order chi connectivity index (χ0) is 28.2. The number of nitrogens with one attached hydrogen (secondary N) is 2. The molecule has 0 bridgehead atoms. The third-order valence-corrected chi connectivity index (χ3v) is 7.59. The molecule has 0 fully saturated rings. The monoisotopic (exact) mass is 542 g/mol. The van der Waals surface area contributed by atoms with Gasteiger partial charge in [-0.2, -0.15) is 0 Å².